The Bertz CT molecular complexity index is 902. The summed E-state index contributed by atoms with van der Waals surface area (Å²) in [5, 5.41) is 11.4. The van der Waals surface area contributed by atoms with Crippen LogP contribution in [-0.4, -0.2) is 28.9 Å². The lowest BCUT2D eigenvalue weighted by molar-refractivity contribution is 0.102. The lowest BCUT2D eigenvalue weighted by Gasteiger charge is -2.18. The number of thiophene rings is 1. The van der Waals surface area contributed by atoms with Crippen molar-refractivity contribution in [3.63, 3.8) is 0 Å². The summed E-state index contributed by atoms with van der Waals surface area (Å²) in [5.41, 5.74) is 3.05. The van der Waals surface area contributed by atoms with Crippen LogP contribution in [0.3, 0.4) is 0 Å². The van der Waals surface area contributed by atoms with Crippen molar-refractivity contribution >= 4 is 22.9 Å². The highest BCUT2D eigenvalue weighted by molar-refractivity contribution is 7.08. The van der Waals surface area contributed by atoms with Gasteiger partial charge in [-0.25, -0.2) is 0 Å². The second-order valence-electron chi connectivity index (χ2n) is 5.56. The Morgan fingerprint density at radius 2 is 2.08 bits per heavy atom. The number of carbonyl (C=O) groups excluding carboxylic acids is 1. The van der Waals surface area contributed by atoms with Crippen LogP contribution in [-0.2, 0) is 6.54 Å². The molecule has 1 aliphatic rings. The van der Waals surface area contributed by atoms with Gasteiger partial charge in [0.15, 0.2) is 17.2 Å². The van der Waals surface area contributed by atoms with Gasteiger partial charge in [0, 0.05) is 29.2 Å². The van der Waals surface area contributed by atoms with E-state index in [1.54, 1.807) is 29.5 Å². The minimum atomic E-state index is -0.250. The summed E-state index contributed by atoms with van der Waals surface area (Å²) in [6.07, 6.45) is 0. The maximum Gasteiger partial charge on any atom is 0.276 e. The number of ether oxygens (including phenoxy) is 2. The molecule has 3 aromatic rings. The van der Waals surface area contributed by atoms with Crippen molar-refractivity contribution in [1.29, 1.82) is 0 Å². The van der Waals surface area contributed by atoms with Gasteiger partial charge in [0.25, 0.3) is 5.91 Å². The molecule has 0 aliphatic carbocycles. The number of hydrogen-bond donors (Lipinski definition) is 1. The first kappa shape index (κ1) is 15.7. The van der Waals surface area contributed by atoms with E-state index in [2.05, 4.69) is 10.4 Å². The normalized spacial score (nSPS) is 12.8. The highest BCUT2D eigenvalue weighted by Gasteiger charge is 2.17. The second-order valence-corrected chi connectivity index (χ2v) is 6.34. The van der Waals surface area contributed by atoms with Crippen molar-refractivity contribution in [2.75, 3.05) is 18.5 Å². The molecule has 0 bridgehead atoms. The zero-order chi connectivity index (χ0) is 17.2. The summed E-state index contributed by atoms with van der Waals surface area (Å²) in [6, 6.07) is 9.20. The van der Waals surface area contributed by atoms with E-state index in [1.165, 1.54) is 0 Å². The lowest BCUT2D eigenvalue weighted by atomic mass is 10.2. The van der Waals surface area contributed by atoms with Crippen LogP contribution in [0.15, 0.2) is 41.1 Å². The number of amides is 1. The molecule has 1 amide bonds. The number of hydrogen-bond acceptors (Lipinski definition) is 5. The molecule has 25 heavy (non-hydrogen) atoms. The minimum absolute atomic E-state index is 0.250. The standard InChI is InChI=1S/C18H17N3O3S/c1-2-21-15(12-5-8-25-11-12)10-14(20-21)18(22)19-13-3-4-16-17(9-13)24-7-6-23-16/h3-5,8-11H,2,6-7H2,1H3,(H,19,22). The van der Waals surface area contributed by atoms with E-state index in [0.717, 1.165) is 11.3 Å². The highest BCUT2D eigenvalue weighted by atomic mass is 32.1. The van der Waals surface area contributed by atoms with Crippen molar-refractivity contribution in [3.8, 4) is 22.8 Å². The average Bonchev–Trinajstić information content (AvgIpc) is 3.30. The fourth-order valence-corrected chi connectivity index (χ4v) is 3.38. The monoisotopic (exact) mass is 355 g/mol. The van der Waals surface area contributed by atoms with E-state index in [0.29, 0.717) is 42.6 Å². The number of benzene rings is 1. The van der Waals surface area contributed by atoms with Crippen molar-refractivity contribution in [1.82, 2.24) is 9.78 Å². The number of aromatic nitrogens is 2. The van der Waals surface area contributed by atoms with E-state index in [4.69, 9.17) is 9.47 Å². The van der Waals surface area contributed by atoms with Crippen LogP contribution < -0.4 is 14.8 Å². The highest BCUT2D eigenvalue weighted by Crippen LogP contribution is 2.32. The summed E-state index contributed by atoms with van der Waals surface area (Å²) in [7, 11) is 0. The number of nitrogens with zero attached hydrogens (tertiary/aromatic N) is 2. The third kappa shape index (κ3) is 3.10. The molecule has 7 heteroatoms. The van der Waals surface area contributed by atoms with E-state index in [-0.39, 0.29) is 5.91 Å². The van der Waals surface area contributed by atoms with Gasteiger partial charge >= 0.3 is 0 Å². The molecule has 128 valence electrons. The predicted octanol–water partition coefficient (Wildman–Crippen LogP) is 3.66. The minimum Gasteiger partial charge on any atom is -0.486 e. The van der Waals surface area contributed by atoms with Gasteiger partial charge in [-0.3, -0.25) is 9.48 Å². The molecule has 0 spiro atoms. The van der Waals surface area contributed by atoms with Crippen molar-refractivity contribution in [2.45, 2.75) is 13.5 Å². The molecule has 0 fully saturated rings. The zero-order valence-corrected chi connectivity index (χ0v) is 14.5. The second kappa shape index (κ2) is 6.60. The summed E-state index contributed by atoms with van der Waals surface area (Å²) >= 11 is 1.62. The SMILES string of the molecule is CCn1nc(C(=O)Nc2ccc3c(c2)OCCO3)cc1-c1ccsc1. The van der Waals surface area contributed by atoms with Crippen LogP contribution in [0.4, 0.5) is 5.69 Å². The van der Waals surface area contributed by atoms with Gasteiger partial charge in [-0.2, -0.15) is 16.4 Å². The number of anilines is 1. The molecule has 0 atom stereocenters. The summed E-state index contributed by atoms with van der Waals surface area (Å²) in [4.78, 5) is 12.6. The maximum atomic E-state index is 12.6. The van der Waals surface area contributed by atoms with Crippen LogP contribution in [0.2, 0.25) is 0 Å². The smallest absolute Gasteiger partial charge is 0.276 e. The maximum absolute atomic E-state index is 12.6. The molecule has 4 rings (SSSR count). The number of carbonyl (C=O) groups is 1. The Balaban J connectivity index is 1.57. The number of rotatable bonds is 4. The van der Waals surface area contributed by atoms with Crippen molar-refractivity contribution in [2.24, 2.45) is 0 Å². The quantitative estimate of drug-likeness (QED) is 0.776. The van der Waals surface area contributed by atoms with E-state index in [1.807, 2.05) is 34.5 Å². The molecule has 2 aromatic heterocycles. The largest absolute Gasteiger partial charge is 0.486 e. The van der Waals surface area contributed by atoms with Crippen LogP contribution in [0.25, 0.3) is 11.3 Å². The van der Waals surface area contributed by atoms with Gasteiger partial charge in [0.05, 0.1) is 5.69 Å². The Hall–Kier alpha value is -2.80. The van der Waals surface area contributed by atoms with E-state index >= 15 is 0 Å². The van der Waals surface area contributed by atoms with Gasteiger partial charge in [-0.1, -0.05) is 0 Å². The van der Waals surface area contributed by atoms with Gasteiger partial charge in [0.1, 0.15) is 13.2 Å². The summed E-state index contributed by atoms with van der Waals surface area (Å²) < 4.78 is 12.9. The van der Waals surface area contributed by atoms with Gasteiger partial charge in [-0.15, -0.1) is 0 Å². The molecular formula is C18H17N3O3S. The fraction of sp³-hybridized carbons (Fsp3) is 0.222. The van der Waals surface area contributed by atoms with Crippen LogP contribution >= 0.6 is 11.3 Å². The van der Waals surface area contributed by atoms with Crippen LogP contribution in [0.5, 0.6) is 11.5 Å². The van der Waals surface area contributed by atoms with Crippen LogP contribution in [0, 0.1) is 0 Å². The third-order valence-electron chi connectivity index (χ3n) is 3.93. The first-order valence-corrected chi connectivity index (χ1v) is 9.00. The molecule has 1 aliphatic heterocycles. The Kier molecular flexibility index (Phi) is 4.15. The van der Waals surface area contributed by atoms with E-state index in [9.17, 15) is 4.79 Å². The predicted molar refractivity (Wildman–Crippen MR) is 96.6 cm³/mol. The number of aryl methyl sites for hydroxylation is 1. The molecular weight excluding hydrogens is 338 g/mol. The van der Waals surface area contributed by atoms with Gasteiger partial charge < -0.3 is 14.8 Å². The lowest BCUT2D eigenvalue weighted by Crippen LogP contribution is -2.16. The van der Waals surface area contributed by atoms with Gasteiger partial charge in [-0.05, 0) is 36.6 Å². The molecule has 0 unspecified atom stereocenters. The first-order valence-electron chi connectivity index (χ1n) is 8.06. The molecule has 3 heterocycles. The number of nitrogens with one attached hydrogen (secondary N) is 1. The fourth-order valence-electron chi connectivity index (χ4n) is 2.73. The molecule has 0 saturated heterocycles. The summed E-state index contributed by atoms with van der Waals surface area (Å²) in [5.74, 6) is 1.08. The third-order valence-corrected chi connectivity index (χ3v) is 4.61. The molecule has 1 aromatic carbocycles. The van der Waals surface area contributed by atoms with E-state index < -0.39 is 0 Å². The van der Waals surface area contributed by atoms with Crippen LogP contribution in [0.1, 0.15) is 17.4 Å². The Labute approximate surface area is 149 Å². The Morgan fingerprint density at radius 3 is 2.84 bits per heavy atom. The van der Waals surface area contributed by atoms with Gasteiger partial charge in [0.2, 0.25) is 0 Å². The molecule has 6 nitrogen and oxygen atoms in total. The molecule has 0 radical (unpaired) electrons. The molecule has 0 saturated carbocycles. The molecule has 1 N–H and O–H groups in total. The van der Waals surface area contributed by atoms with Crippen molar-refractivity contribution < 1.29 is 14.3 Å². The van der Waals surface area contributed by atoms with Crippen molar-refractivity contribution in [3.05, 3.63) is 46.8 Å². The Morgan fingerprint density at radius 1 is 1.24 bits per heavy atom. The summed E-state index contributed by atoms with van der Waals surface area (Å²) in [6.45, 7) is 3.75. The average molecular weight is 355 g/mol. The number of fused-ring (bicyclic) bond motifs is 1. The topological polar surface area (TPSA) is 65.4 Å². The first-order chi connectivity index (χ1) is 12.2. The zero-order valence-electron chi connectivity index (χ0n) is 13.7.